The molecule has 1 amide bonds. The smallest absolute Gasteiger partial charge is 0.252 e. The van der Waals surface area contributed by atoms with Gasteiger partial charge in [0.25, 0.3) is 5.91 Å². The predicted octanol–water partition coefficient (Wildman–Crippen LogP) is -0.945. The van der Waals surface area contributed by atoms with Crippen LogP contribution in [0.2, 0.25) is 0 Å². The lowest BCUT2D eigenvalue weighted by atomic mass is 10.3. The van der Waals surface area contributed by atoms with E-state index in [1.54, 1.807) is 0 Å². The van der Waals surface area contributed by atoms with Crippen molar-refractivity contribution in [3.05, 3.63) is 0 Å². The number of nitrogens with one attached hydrogen (secondary N) is 2. The third-order valence-electron chi connectivity index (χ3n) is 2.52. The van der Waals surface area contributed by atoms with Gasteiger partial charge in [0.15, 0.2) is 0 Å². The molecule has 0 aromatic carbocycles. The Kier molecular flexibility index (Phi) is 4.25. The van der Waals surface area contributed by atoms with Gasteiger partial charge in [0.2, 0.25) is 0 Å². The number of morpholine rings is 1. The number of carbonyl (C=O) groups excluding carboxylic acids is 1. The van der Waals surface area contributed by atoms with Crippen LogP contribution in [0.25, 0.3) is 0 Å². The van der Waals surface area contributed by atoms with Gasteiger partial charge in [0.1, 0.15) is 0 Å². The molecule has 2 fully saturated rings. The van der Waals surface area contributed by atoms with E-state index in [0.29, 0.717) is 13.2 Å². The van der Waals surface area contributed by atoms with E-state index < -0.39 is 0 Å². The van der Waals surface area contributed by atoms with Crippen molar-refractivity contribution in [1.82, 2.24) is 15.8 Å². The minimum absolute atomic E-state index is 0.0356. The van der Waals surface area contributed by atoms with Crippen molar-refractivity contribution >= 4 is 17.7 Å². The average Bonchev–Trinajstić information content (AvgIpc) is 2.31. The number of hydrazine groups is 1. The van der Waals surface area contributed by atoms with Crippen LogP contribution in [-0.2, 0) is 9.53 Å². The SMILES string of the molecule is O=C(NN1CCOCC1)C1CSCCN1. The van der Waals surface area contributed by atoms with Crippen LogP contribution in [0.4, 0.5) is 0 Å². The number of thioether (sulfide) groups is 1. The van der Waals surface area contributed by atoms with Crippen LogP contribution in [0.3, 0.4) is 0 Å². The molecule has 1 atom stereocenters. The second-order valence-corrected chi connectivity index (χ2v) is 4.81. The third kappa shape index (κ3) is 3.34. The van der Waals surface area contributed by atoms with Gasteiger partial charge >= 0.3 is 0 Å². The summed E-state index contributed by atoms with van der Waals surface area (Å²) in [4.78, 5) is 11.8. The van der Waals surface area contributed by atoms with E-state index in [-0.39, 0.29) is 11.9 Å². The zero-order valence-electron chi connectivity index (χ0n) is 8.70. The summed E-state index contributed by atoms with van der Waals surface area (Å²) in [5.74, 6) is 2.06. The van der Waals surface area contributed by atoms with Crippen molar-refractivity contribution in [3.8, 4) is 0 Å². The number of ether oxygens (including phenoxy) is 1. The fraction of sp³-hybridized carbons (Fsp3) is 0.889. The Morgan fingerprint density at radius 2 is 2.27 bits per heavy atom. The van der Waals surface area contributed by atoms with Crippen molar-refractivity contribution in [1.29, 1.82) is 0 Å². The second-order valence-electron chi connectivity index (χ2n) is 3.66. The minimum atomic E-state index is -0.0356. The van der Waals surface area contributed by atoms with E-state index in [1.807, 2.05) is 16.8 Å². The van der Waals surface area contributed by atoms with Gasteiger partial charge in [-0.3, -0.25) is 10.2 Å². The van der Waals surface area contributed by atoms with Gasteiger partial charge < -0.3 is 10.1 Å². The molecule has 0 aromatic rings. The molecule has 0 bridgehead atoms. The highest BCUT2D eigenvalue weighted by Gasteiger charge is 2.23. The Labute approximate surface area is 93.9 Å². The molecule has 86 valence electrons. The molecule has 2 heterocycles. The standard InChI is InChI=1S/C9H17N3O2S/c13-9(8-7-15-6-1-10-8)11-12-2-4-14-5-3-12/h8,10H,1-7H2,(H,11,13). The van der Waals surface area contributed by atoms with E-state index in [1.165, 1.54) is 0 Å². The Morgan fingerprint density at radius 3 is 2.93 bits per heavy atom. The average molecular weight is 231 g/mol. The minimum Gasteiger partial charge on any atom is -0.379 e. The Bertz CT molecular complexity index is 215. The largest absolute Gasteiger partial charge is 0.379 e. The van der Waals surface area contributed by atoms with Crippen LogP contribution >= 0.6 is 11.8 Å². The molecule has 0 aliphatic carbocycles. The maximum absolute atomic E-state index is 11.8. The van der Waals surface area contributed by atoms with E-state index in [0.717, 1.165) is 31.1 Å². The maximum Gasteiger partial charge on any atom is 0.252 e. The summed E-state index contributed by atoms with van der Waals surface area (Å²) in [6, 6.07) is -0.0356. The lowest BCUT2D eigenvalue weighted by Crippen LogP contribution is -2.56. The third-order valence-corrected chi connectivity index (χ3v) is 3.58. The fourth-order valence-electron chi connectivity index (χ4n) is 1.64. The number of hydrogen-bond acceptors (Lipinski definition) is 5. The molecule has 1 unspecified atom stereocenters. The number of amides is 1. The van der Waals surface area contributed by atoms with Gasteiger partial charge in [-0.05, 0) is 0 Å². The lowest BCUT2D eigenvalue weighted by Gasteiger charge is -2.30. The van der Waals surface area contributed by atoms with E-state index in [2.05, 4.69) is 10.7 Å². The number of nitrogens with zero attached hydrogens (tertiary/aromatic N) is 1. The Hall–Kier alpha value is -0.300. The summed E-state index contributed by atoms with van der Waals surface area (Å²) in [6.45, 7) is 3.89. The molecule has 6 heteroatoms. The van der Waals surface area contributed by atoms with Crippen LogP contribution in [0.15, 0.2) is 0 Å². The molecule has 15 heavy (non-hydrogen) atoms. The van der Waals surface area contributed by atoms with E-state index in [4.69, 9.17) is 4.74 Å². The first-order valence-corrected chi connectivity index (χ1v) is 6.46. The maximum atomic E-state index is 11.8. The van der Waals surface area contributed by atoms with Crippen molar-refractivity contribution in [2.45, 2.75) is 6.04 Å². The fourth-order valence-corrected chi connectivity index (χ4v) is 2.58. The van der Waals surface area contributed by atoms with Gasteiger partial charge in [0.05, 0.1) is 19.3 Å². The molecule has 2 rings (SSSR count). The molecule has 2 aliphatic heterocycles. The van der Waals surface area contributed by atoms with Crippen LogP contribution in [-0.4, -0.2) is 61.3 Å². The monoisotopic (exact) mass is 231 g/mol. The summed E-state index contributed by atoms with van der Waals surface area (Å²) in [7, 11) is 0. The van der Waals surface area contributed by atoms with Crippen LogP contribution in [0.1, 0.15) is 0 Å². The zero-order valence-corrected chi connectivity index (χ0v) is 9.52. The molecule has 2 aliphatic rings. The topological polar surface area (TPSA) is 53.6 Å². The molecular formula is C9H17N3O2S. The highest BCUT2D eigenvalue weighted by atomic mass is 32.2. The Morgan fingerprint density at radius 1 is 1.47 bits per heavy atom. The van der Waals surface area contributed by atoms with Crippen LogP contribution < -0.4 is 10.7 Å². The van der Waals surface area contributed by atoms with Gasteiger partial charge in [0, 0.05) is 31.1 Å². The first kappa shape index (κ1) is 11.2. The Balaban J connectivity index is 1.74. The second kappa shape index (κ2) is 5.69. The number of hydrogen-bond donors (Lipinski definition) is 2. The van der Waals surface area contributed by atoms with Crippen molar-refractivity contribution in [2.24, 2.45) is 0 Å². The van der Waals surface area contributed by atoms with Crippen LogP contribution in [0, 0.1) is 0 Å². The summed E-state index contributed by atoms with van der Waals surface area (Å²) >= 11 is 1.83. The quantitative estimate of drug-likeness (QED) is 0.642. The predicted molar refractivity (Wildman–Crippen MR) is 59.7 cm³/mol. The summed E-state index contributed by atoms with van der Waals surface area (Å²) < 4.78 is 5.21. The van der Waals surface area contributed by atoms with E-state index in [9.17, 15) is 4.79 Å². The van der Waals surface area contributed by atoms with Gasteiger partial charge in [-0.1, -0.05) is 0 Å². The van der Waals surface area contributed by atoms with Gasteiger partial charge in [-0.15, -0.1) is 0 Å². The highest BCUT2D eigenvalue weighted by Crippen LogP contribution is 2.07. The van der Waals surface area contributed by atoms with E-state index >= 15 is 0 Å². The molecule has 5 nitrogen and oxygen atoms in total. The first-order chi connectivity index (χ1) is 7.36. The number of rotatable bonds is 2. The summed E-state index contributed by atoms with van der Waals surface area (Å²) in [6.07, 6.45) is 0. The summed E-state index contributed by atoms with van der Waals surface area (Å²) in [5.41, 5.74) is 2.93. The van der Waals surface area contributed by atoms with Crippen LogP contribution in [0.5, 0.6) is 0 Å². The molecule has 2 N–H and O–H groups in total. The zero-order chi connectivity index (χ0) is 10.5. The summed E-state index contributed by atoms with van der Waals surface area (Å²) in [5, 5.41) is 5.15. The molecular weight excluding hydrogens is 214 g/mol. The van der Waals surface area contributed by atoms with Crippen molar-refractivity contribution in [2.75, 3.05) is 44.4 Å². The number of carbonyl (C=O) groups is 1. The molecule has 0 saturated carbocycles. The van der Waals surface area contributed by atoms with Gasteiger partial charge in [-0.2, -0.15) is 11.8 Å². The van der Waals surface area contributed by atoms with Crippen molar-refractivity contribution in [3.63, 3.8) is 0 Å². The molecule has 0 radical (unpaired) electrons. The molecule has 0 spiro atoms. The van der Waals surface area contributed by atoms with Crippen molar-refractivity contribution < 1.29 is 9.53 Å². The first-order valence-electron chi connectivity index (χ1n) is 5.30. The molecule has 0 aromatic heterocycles. The normalized spacial score (nSPS) is 28.7. The van der Waals surface area contributed by atoms with Gasteiger partial charge in [-0.25, -0.2) is 5.01 Å². The lowest BCUT2D eigenvalue weighted by molar-refractivity contribution is -0.129. The molecule has 2 saturated heterocycles. The highest BCUT2D eigenvalue weighted by molar-refractivity contribution is 7.99.